The molecular formula is C28H32ClN3O4S. The van der Waals surface area contributed by atoms with Crippen molar-refractivity contribution in [3.05, 3.63) is 94.5 Å². The normalized spacial score (nSPS) is 12.0. The number of nitrogens with zero attached hydrogens (tertiary/aromatic N) is 2. The second-order valence-corrected chi connectivity index (χ2v) is 11.1. The van der Waals surface area contributed by atoms with Gasteiger partial charge in [0.15, 0.2) is 0 Å². The van der Waals surface area contributed by atoms with Crippen LogP contribution in [0, 0.1) is 13.8 Å². The number of nitrogens with one attached hydrogen (secondary N) is 1. The van der Waals surface area contributed by atoms with Gasteiger partial charge in [0, 0.05) is 18.1 Å². The van der Waals surface area contributed by atoms with Crippen LogP contribution >= 0.6 is 11.6 Å². The van der Waals surface area contributed by atoms with Crippen LogP contribution in [0.3, 0.4) is 0 Å². The molecule has 0 fully saturated rings. The van der Waals surface area contributed by atoms with E-state index in [0.717, 1.165) is 21.0 Å². The Balaban J connectivity index is 2.04. The van der Waals surface area contributed by atoms with Gasteiger partial charge in [0.25, 0.3) is 10.0 Å². The van der Waals surface area contributed by atoms with Crippen molar-refractivity contribution in [2.45, 2.75) is 45.2 Å². The number of aryl methyl sites for hydroxylation is 2. The van der Waals surface area contributed by atoms with Gasteiger partial charge < -0.3 is 10.2 Å². The van der Waals surface area contributed by atoms with Crippen LogP contribution in [0.5, 0.6) is 0 Å². The van der Waals surface area contributed by atoms with Gasteiger partial charge in [-0.1, -0.05) is 65.7 Å². The zero-order valence-corrected chi connectivity index (χ0v) is 23.0. The van der Waals surface area contributed by atoms with Gasteiger partial charge in [-0.15, -0.1) is 0 Å². The van der Waals surface area contributed by atoms with Crippen molar-refractivity contribution in [1.29, 1.82) is 0 Å². The SMILES string of the molecule is CCNC(=O)[C@H](C)N(Cc1cccc(C)c1)C(=O)CN(c1ccc(C)c(Cl)c1)S(=O)(=O)c1ccccc1. The van der Waals surface area contributed by atoms with Gasteiger partial charge in [-0.2, -0.15) is 0 Å². The van der Waals surface area contributed by atoms with Crippen molar-refractivity contribution in [2.75, 3.05) is 17.4 Å². The van der Waals surface area contributed by atoms with Crippen molar-refractivity contribution in [3.63, 3.8) is 0 Å². The van der Waals surface area contributed by atoms with Gasteiger partial charge >= 0.3 is 0 Å². The number of sulfonamides is 1. The Bertz CT molecular complexity index is 1360. The average molecular weight is 542 g/mol. The van der Waals surface area contributed by atoms with Gasteiger partial charge in [-0.3, -0.25) is 13.9 Å². The summed E-state index contributed by atoms with van der Waals surface area (Å²) in [6.07, 6.45) is 0. The number of benzene rings is 3. The Kier molecular flexibility index (Phi) is 9.34. The molecule has 0 saturated heterocycles. The molecule has 0 spiro atoms. The molecule has 3 rings (SSSR count). The molecule has 1 N–H and O–H groups in total. The van der Waals surface area contributed by atoms with E-state index in [-0.39, 0.29) is 23.0 Å². The molecular weight excluding hydrogens is 510 g/mol. The highest BCUT2D eigenvalue weighted by Crippen LogP contribution is 2.28. The molecule has 3 aromatic carbocycles. The minimum absolute atomic E-state index is 0.0431. The summed E-state index contributed by atoms with van der Waals surface area (Å²) in [4.78, 5) is 28.0. The van der Waals surface area contributed by atoms with E-state index in [2.05, 4.69) is 5.32 Å². The third-order valence-electron chi connectivity index (χ3n) is 6.01. The summed E-state index contributed by atoms with van der Waals surface area (Å²) < 4.78 is 28.5. The number of halogens is 1. The molecule has 0 saturated carbocycles. The molecule has 37 heavy (non-hydrogen) atoms. The summed E-state index contributed by atoms with van der Waals surface area (Å²) in [6.45, 7) is 7.23. The molecule has 0 heterocycles. The van der Waals surface area contributed by atoms with Crippen LogP contribution in [0.4, 0.5) is 5.69 Å². The minimum atomic E-state index is -4.12. The van der Waals surface area contributed by atoms with Crippen LogP contribution in [0.1, 0.15) is 30.5 Å². The summed E-state index contributed by atoms with van der Waals surface area (Å²) in [7, 11) is -4.12. The van der Waals surface area contributed by atoms with E-state index in [1.165, 1.54) is 23.1 Å². The van der Waals surface area contributed by atoms with Crippen LogP contribution in [0.25, 0.3) is 0 Å². The van der Waals surface area contributed by atoms with Crippen LogP contribution < -0.4 is 9.62 Å². The van der Waals surface area contributed by atoms with Crippen molar-refractivity contribution < 1.29 is 18.0 Å². The van der Waals surface area contributed by atoms with Gasteiger partial charge in [-0.25, -0.2) is 8.42 Å². The zero-order chi connectivity index (χ0) is 27.2. The van der Waals surface area contributed by atoms with E-state index in [4.69, 9.17) is 11.6 Å². The van der Waals surface area contributed by atoms with Gasteiger partial charge in [0.2, 0.25) is 11.8 Å². The quantitative estimate of drug-likeness (QED) is 0.403. The summed E-state index contributed by atoms with van der Waals surface area (Å²) in [5, 5.41) is 3.13. The molecule has 3 aromatic rings. The van der Waals surface area contributed by atoms with Crippen molar-refractivity contribution >= 4 is 39.1 Å². The number of carbonyl (C=O) groups excluding carboxylic acids is 2. The molecule has 0 aromatic heterocycles. The third-order valence-corrected chi connectivity index (χ3v) is 8.20. The van der Waals surface area contributed by atoms with Crippen LogP contribution in [-0.2, 0) is 26.2 Å². The zero-order valence-electron chi connectivity index (χ0n) is 21.4. The minimum Gasteiger partial charge on any atom is -0.355 e. The molecule has 0 bridgehead atoms. The second kappa shape index (κ2) is 12.3. The molecule has 0 aliphatic rings. The Labute approximate surface area is 224 Å². The highest BCUT2D eigenvalue weighted by molar-refractivity contribution is 7.92. The highest BCUT2D eigenvalue weighted by atomic mass is 35.5. The first-order valence-electron chi connectivity index (χ1n) is 12.0. The Morgan fingerprint density at radius 3 is 2.30 bits per heavy atom. The first-order valence-corrected chi connectivity index (χ1v) is 13.8. The van der Waals surface area contributed by atoms with E-state index in [1.807, 2.05) is 38.1 Å². The number of hydrogen-bond donors (Lipinski definition) is 1. The van der Waals surface area contributed by atoms with Crippen LogP contribution in [0.2, 0.25) is 5.02 Å². The summed E-state index contributed by atoms with van der Waals surface area (Å²) in [5.41, 5.74) is 2.88. The average Bonchev–Trinajstić information content (AvgIpc) is 2.87. The Morgan fingerprint density at radius 1 is 0.973 bits per heavy atom. The lowest BCUT2D eigenvalue weighted by Crippen LogP contribution is -2.51. The number of amides is 2. The molecule has 2 amide bonds. The largest absolute Gasteiger partial charge is 0.355 e. The predicted molar refractivity (Wildman–Crippen MR) is 147 cm³/mol. The molecule has 9 heteroatoms. The van der Waals surface area contributed by atoms with Crippen molar-refractivity contribution in [1.82, 2.24) is 10.2 Å². The molecule has 0 radical (unpaired) electrons. The van der Waals surface area contributed by atoms with Gasteiger partial charge in [-0.05, 0) is 63.1 Å². The smallest absolute Gasteiger partial charge is 0.264 e. The summed E-state index contributed by atoms with van der Waals surface area (Å²) >= 11 is 6.33. The van der Waals surface area contributed by atoms with E-state index >= 15 is 0 Å². The lowest BCUT2D eigenvalue weighted by atomic mass is 10.1. The van der Waals surface area contributed by atoms with Gasteiger partial charge in [0.1, 0.15) is 12.6 Å². The Morgan fingerprint density at radius 2 is 1.68 bits per heavy atom. The van der Waals surface area contributed by atoms with E-state index < -0.39 is 28.5 Å². The van der Waals surface area contributed by atoms with E-state index in [9.17, 15) is 18.0 Å². The standard InChI is InChI=1S/C28H32ClN3O4S/c1-5-30-28(34)22(4)31(18-23-11-9-10-20(2)16-23)27(33)19-32(24-15-14-21(3)26(29)17-24)37(35,36)25-12-7-6-8-13-25/h6-17,22H,5,18-19H2,1-4H3,(H,30,34)/t22-/m0/s1. The lowest BCUT2D eigenvalue weighted by Gasteiger charge is -2.32. The first kappa shape index (κ1) is 28.2. The molecule has 1 atom stereocenters. The van der Waals surface area contributed by atoms with E-state index in [1.54, 1.807) is 44.2 Å². The molecule has 196 valence electrons. The fourth-order valence-electron chi connectivity index (χ4n) is 3.90. The Hall–Kier alpha value is -3.36. The molecule has 0 aliphatic carbocycles. The number of anilines is 1. The third kappa shape index (κ3) is 6.90. The van der Waals surface area contributed by atoms with Crippen molar-refractivity contribution in [3.8, 4) is 0 Å². The lowest BCUT2D eigenvalue weighted by molar-refractivity contribution is -0.139. The maximum atomic E-state index is 13.8. The highest BCUT2D eigenvalue weighted by Gasteiger charge is 2.32. The first-order chi connectivity index (χ1) is 17.5. The maximum Gasteiger partial charge on any atom is 0.264 e. The van der Waals surface area contributed by atoms with Crippen LogP contribution in [-0.4, -0.2) is 44.3 Å². The van der Waals surface area contributed by atoms with Crippen LogP contribution in [0.15, 0.2) is 77.7 Å². The monoisotopic (exact) mass is 541 g/mol. The maximum absolute atomic E-state index is 13.8. The number of hydrogen-bond acceptors (Lipinski definition) is 4. The fraction of sp³-hybridized carbons (Fsp3) is 0.286. The number of carbonyl (C=O) groups is 2. The van der Waals surface area contributed by atoms with E-state index in [0.29, 0.717) is 11.6 Å². The number of likely N-dealkylation sites (N-methyl/N-ethyl adjacent to an activating group) is 1. The predicted octanol–water partition coefficient (Wildman–Crippen LogP) is 4.71. The molecule has 0 aliphatic heterocycles. The van der Waals surface area contributed by atoms with Crippen molar-refractivity contribution in [2.24, 2.45) is 0 Å². The fourth-order valence-corrected chi connectivity index (χ4v) is 5.50. The number of rotatable bonds is 10. The topological polar surface area (TPSA) is 86.8 Å². The summed E-state index contributed by atoms with van der Waals surface area (Å²) in [6, 6.07) is 19.6. The summed E-state index contributed by atoms with van der Waals surface area (Å²) in [5.74, 6) is -0.837. The molecule has 0 unspecified atom stereocenters. The second-order valence-electron chi connectivity index (χ2n) is 8.84. The van der Waals surface area contributed by atoms with Gasteiger partial charge in [0.05, 0.1) is 10.6 Å². The molecule has 7 nitrogen and oxygen atoms in total.